The molecule has 1 saturated heterocycles. The first-order valence-electron chi connectivity index (χ1n) is 11.0. The molecule has 1 aliphatic rings. The molecule has 174 valence electrons. The molecule has 0 saturated carbocycles. The summed E-state index contributed by atoms with van der Waals surface area (Å²) < 4.78 is 14.8. The van der Waals surface area contributed by atoms with Crippen molar-refractivity contribution in [3.05, 3.63) is 77.5 Å². The van der Waals surface area contributed by atoms with E-state index in [9.17, 15) is 9.18 Å². The van der Waals surface area contributed by atoms with Crippen LogP contribution in [0, 0.1) is 5.82 Å². The molecule has 5 rings (SSSR count). The largest absolute Gasteiger partial charge is 0.368 e. The topological polar surface area (TPSA) is 79.2 Å². The monoisotopic (exact) mass is 479 g/mol. The molecule has 0 radical (unpaired) electrons. The second kappa shape index (κ2) is 9.74. The second-order valence-electron chi connectivity index (χ2n) is 8.22. The summed E-state index contributed by atoms with van der Waals surface area (Å²) in [6.07, 6.45) is 3.60. The van der Waals surface area contributed by atoms with Crippen molar-refractivity contribution >= 4 is 39.8 Å². The maximum Gasteiger partial charge on any atom is 0.246 e. The Balaban J connectivity index is 1.15. The molecular weight excluding hydrogens is 457 g/mol. The number of nitrogens with one attached hydrogen (secondary N) is 1. The number of hydrogen-bond acceptors (Lipinski definition) is 6. The first-order chi connectivity index (χ1) is 16.5. The molecule has 10 heteroatoms. The molecule has 3 heterocycles. The van der Waals surface area contributed by atoms with Gasteiger partial charge in [0.2, 0.25) is 5.91 Å². The van der Waals surface area contributed by atoms with E-state index in [2.05, 4.69) is 30.4 Å². The number of fused-ring (bicyclic) bond motifs is 1. The van der Waals surface area contributed by atoms with Crippen LogP contribution in [0.1, 0.15) is 5.69 Å². The van der Waals surface area contributed by atoms with Crippen molar-refractivity contribution in [3.8, 4) is 0 Å². The van der Waals surface area contributed by atoms with E-state index in [1.54, 1.807) is 18.3 Å². The van der Waals surface area contributed by atoms with Crippen molar-refractivity contribution in [1.29, 1.82) is 0 Å². The van der Waals surface area contributed by atoms with Crippen molar-refractivity contribution in [2.24, 2.45) is 0 Å². The summed E-state index contributed by atoms with van der Waals surface area (Å²) in [4.78, 5) is 21.3. The van der Waals surface area contributed by atoms with Crippen molar-refractivity contribution in [1.82, 2.24) is 24.9 Å². The van der Waals surface area contributed by atoms with Gasteiger partial charge in [0.25, 0.3) is 0 Å². The molecule has 1 N–H and O–H groups in total. The molecule has 1 aliphatic heterocycles. The molecule has 8 nitrogen and oxygen atoms in total. The Kier molecular flexibility index (Phi) is 6.37. The Morgan fingerprint density at radius 2 is 1.94 bits per heavy atom. The zero-order chi connectivity index (χ0) is 23.5. The number of anilines is 2. The number of rotatable bonds is 6. The summed E-state index contributed by atoms with van der Waals surface area (Å²) in [6, 6.07) is 13.6. The number of carbonyl (C=O) groups excluding carboxylic acids is 1. The zero-order valence-corrected chi connectivity index (χ0v) is 19.1. The minimum atomic E-state index is -0.401. The van der Waals surface area contributed by atoms with Crippen LogP contribution in [0.5, 0.6) is 0 Å². The molecule has 2 aromatic heterocycles. The molecule has 2 aromatic carbocycles. The minimum Gasteiger partial charge on any atom is -0.368 e. The van der Waals surface area contributed by atoms with E-state index in [0.29, 0.717) is 17.3 Å². The Bertz CT molecular complexity index is 1320. The molecule has 0 unspecified atom stereocenters. The van der Waals surface area contributed by atoms with E-state index < -0.39 is 5.82 Å². The van der Waals surface area contributed by atoms with Gasteiger partial charge in [-0.25, -0.2) is 9.07 Å². The van der Waals surface area contributed by atoms with Crippen LogP contribution >= 0.6 is 11.6 Å². The van der Waals surface area contributed by atoms with Gasteiger partial charge in [-0.3, -0.25) is 14.7 Å². The standard InChI is InChI=1S/C24H23ClFN7O/c25-17-4-5-21-22(12-17)27-7-6-23(21)32-10-8-31(9-11-32)14-20-15-33(30-29-20)16-24(34)28-19-3-1-2-18(26)13-19/h1-7,12-13,15H,8-11,14,16H2,(H,28,34). The van der Waals surface area contributed by atoms with Crippen LogP contribution in [0.4, 0.5) is 15.8 Å². The van der Waals surface area contributed by atoms with E-state index in [-0.39, 0.29) is 12.5 Å². The first kappa shape index (κ1) is 22.2. The van der Waals surface area contributed by atoms with Gasteiger partial charge < -0.3 is 10.2 Å². The molecule has 0 spiro atoms. The number of aromatic nitrogens is 4. The van der Waals surface area contributed by atoms with E-state index >= 15 is 0 Å². The molecule has 0 bridgehead atoms. The first-order valence-corrected chi connectivity index (χ1v) is 11.4. The smallest absolute Gasteiger partial charge is 0.246 e. The predicted molar refractivity (Wildman–Crippen MR) is 129 cm³/mol. The average molecular weight is 480 g/mol. The Labute approximate surface area is 200 Å². The summed E-state index contributed by atoms with van der Waals surface area (Å²) in [5, 5.41) is 12.7. The van der Waals surface area contributed by atoms with Gasteiger partial charge in [0.15, 0.2) is 0 Å². The fraction of sp³-hybridized carbons (Fsp3) is 0.250. The molecule has 34 heavy (non-hydrogen) atoms. The number of benzene rings is 2. The molecule has 1 fully saturated rings. The summed E-state index contributed by atoms with van der Waals surface area (Å²) in [5.41, 5.74) is 3.27. The number of hydrogen-bond donors (Lipinski definition) is 1. The highest BCUT2D eigenvalue weighted by molar-refractivity contribution is 6.31. The lowest BCUT2D eigenvalue weighted by Crippen LogP contribution is -2.46. The van der Waals surface area contributed by atoms with Gasteiger partial charge in [-0.05, 0) is 42.5 Å². The third-order valence-electron chi connectivity index (χ3n) is 5.78. The predicted octanol–water partition coefficient (Wildman–Crippen LogP) is 3.58. The lowest BCUT2D eigenvalue weighted by molar-refractivity contribution is -0.116. The molecule has 0 atom stereocenters. The highest BCUT2D eigenvalue weighted by Crippen LogP contribution is 2.28. The fourth-order valence-electron chi connectivity index (χ4n) is 4.16. The summed E-state index contributed by atoms with van der Waals surface area (Å²) >= 11 is 6.12. The highest BCUT2D eigenvalue weighted by atomic mass is 35.5. The van der Waals surface area contributed by atoms with Gasteiger partial charge in [-0.2, -0.15) is 0 Å². The van der Waals surface area contributed by atoms with E-state index in [1.165, 1.54) is 16.8 Å². The number of piperazine rings is 1. The average Bonchev–Trinajstić information content (AvgIpc) is 3.25. The van der Waals surface area contributed by atoms with Crippen LogP contribution in [-0.2, 0) is 17.9 Å². The summed E-state index contributed by atoms with van der Waals surface area (Å²) in [5.74, 6) is -0.691. The number of pyridine rings is 1. The van der Waals surface area contributed by atoms with Gasteiger partial charge in [-0.15, -0.1) is 5.10 Å². The Hall–Kier alpha value is -3.56. The van der Waals surface area contributed by atoms with Gasteiger partial charge in [-0.1, -0.05) is 22.9 Å². The van der Waals surface area contributed by atoms with Gasteiger partial charge >= 0.3 is 0 Å². The summed E-state index contributed by atoms with van der Waals surface area (Å²) in [7, 11) is 0. The maximum atomic E-state index is 13.3. The molecular formula is C24H23ClFN7O. The minimum absolute atomic E-state index is 0.0103. The number of amides is 1. The van der Waals surface area contributed by atoms with Gasteiger partial charge in [0.05, 0.1) is 17.4 Å². The van der Waals surface area contributed by atoms with Gasteiger partial charge in [0.1, 0.15) is 12.4 Å². The third-order valence-corrected chi connectivity index (χ3v) is 6.02. The van der Waals surface area contributed by atoms with Crippen molar-refractivity contribution in [3.63, 3.8) is 0 Å². The van der Waals surface area contributed by atoms with Crippen LogP contribution in [0.25, 0.3) is 10.9 Å². The van der Waals surface area contributed by atoms with E-state index in [4.69, 9.17) is 11.6 Å². The Morgan fingerprint density at radius 1 is 1.09 bits per heavy atom. The second-order valence-corrected chi connectivity index (χ2v) is 8.66. The fourth-order valence-corrected chi connectivity index (χ4v) is 4.33. The van der Waals surface area contributed by atoms with Crippen LogP contribution in [0.2, 0.25) is 5.02 Å². The SMILES string of the molecule is O=C(Cn1cc(CN2CCN(c3ccnc4cc(Cl)ccc34)CC2)nn1)Nc1cccc(F)c1. The van der Waals surface area contributed by atoms with E-state index in [1.807, 2.05) is 30.5 Å². The number of nitrogens with zero attached hydrogens (tertiary/aromatic N) is 6. The van der Waals surface area contributed by atoms with Crippen molar-refractivity contribution in [2.75, 3.05) is 36.4 Å². The lowest BCUT2D eigenvalue weighted by atomic mass is 10.1. The Morgan fingerprint density at radius 3 is 2.76 bits per heavy atom. The zero-order valence-electron chi connectivity index (χ0n) is 18.4. The number of halogens is 2. The molecule has 4 aromatic rings. The van der Waals surface area contributed by atoms with E-state index in [0.717, 1.165) is 48.5 Å². The molecule has 1 amide bonds. The summed E-state index contributed by atoms with van der Waals surface area (Å²) in [6.45, 7) is 4.19. The third kappa shape index (κ3) is 5.16. The molecule has 0 aliphatic carbocycles. The van der Waals surface area contributed by atoms with Gasteiger partial charge in [0, 0.05) is 60.7 Å². The van der Waals surface area contributed by atoms with Crippen LogP contribution in [0.15, 0.2) is 60.9 Å². The van der Waals surface area contributed by atoms with Crippen molar-refractivity contribution < 1.29 is 9.18 Å². The normalized spacial score (nSPS) is 14.5. The quantitative estimate of drug-likeness (QED) is 0.455. The maximum absolute atomic E-state index is 13.3. The lowest BCUT2D eigenvalue weighted by Gasteiger charge is -2.36. The van der Waals surface area contributed by atoms with Crippen LogP contribution in [-0.4, -0.2) is 57.0 Å². The highest BCUT2D eigenvalue weighted by Gasteiger charge is 2.20. The van der Waals surface area contributed by atoms with Crippen LogP contribution < -0.4 is 10.2 Å². The van der Waals surface area contributed by atoms with Crippen LogP contribution in [0.3, 0.4) is 0 Å². The number of carbonyl (C=O) groups is 1. The van der Waals surface area contributed by atoms with Crippen molar-refractivity contribution in [2.45, 2.75) is 13.1 Å².